The van der Waals surface area contributed by atoms with E-state index >= 15 is 0 Å². The van der Waals surface area contributed by atoms with Crippen molar-refractivity contribution in [3.05, 3.63) is 35.0 Å². The van der Waals surface area contributed by atoms with Crippen LogP contribution in [0.4, 0.5) is 24.8 Å². The number of nitrogen functional groups attached to an aromatic ring is 2. The topological polar surface area (TPSA) is 77.8 Å². The van der Waals surface area contributed by atoms with Gasteiger partial charge in [-0.15, -0.1) is 0 Å². The molecule has 0 saturated heterocycles. The first kappa shape index (κ1) is 13.4. The van der Waals surface area contributed by atoms with Gasteiger partial charge in [0.25, 0.3) is 0 Å². The number of nitrogens with two attached hydrogens (primary N) is 2. The fraction of sp³-hybridized carbons (Fsp3) is 0.0909. The van der Waals surface area contributed by atoms with Gasteiger partial charge in [-0.05, 0) is 12.1 Å². The van der Waals surface area contributed by atoms with Crippen molar-refractivity contribution in [2.75, 3.05) is 11.5 Å². The molecular formula is C11H8ClF3N4. The van der Waals surface area contributed by atoms with Crippen LogP contribution in [0.5, 0.6) is 0 Å². The molecule has 4 nitrogen and oxygen atoms in total. The van der Waals surface area contributed by atoms with Crippen LogP contribution in [0.1, 0.15) is 5.69 Å². The van der Waals surface area contributed by atoms with Crippen molar-refractivity contribution in [3.63, 3.8) is 0 Å². The second-order valence-electron chi connectivity index (χ2n) is 3.70. The molecule has 0 radical (unpaired) electrons. The molecule has 100 valence electrons. The van der Waals surface area contributed by atoms with E-state index in [0.717, 1.165) is 0 Å². The fourth-order valence-corrected chi connectivity index (χ4v) is 1.75. The molecular weight excluding hydrogens is 281 g/mol. The molecule has 2 rings (SSSR count). The van der Waals surface area contributed by atoms with Crippen molar-refractivity contribution < 1.29 is 13.2 Å². The molecule has 0 amide bonds. The average molecular weight is 289 g/mol. The highest BCUT2D eigenvalue weighted by atomic mass is 35.5. The van der Waals surface area contributed by atoms with E-state index in [4.69, 9.17) is 23.1 Å². The molecule has 0 fully saturated rings. The highest BCUT2D eigenvalue weighted by Gasteiger charge is 2.37. The summed E-state index contributed by atoms with van der Waals surface area (Å²) in [4.78, 5) is 6.88. The number of hydrogen-bond donors (Lipinski definition) is 2. The molecule has 8 heteroatoms. The number of aromatic nitrogens is 2. The van der Waals surface area contributed by atoms with E-state index in [1.165, 1.54) is 12.1 Å². The number of halogens is 4. The maximum atomic E-state index is 12.8. The van der Waals surface area contributed by atoms with E-state index in [9.17, 15) is 13.2 Å². The zero-order chi connectivity index (χ0) is 14.2. The van der Waals surface area contributed by atoms with Crippen molar-refractivity contribution in [1.82, 2.24) is 9.97 Å². The Kier molecular flexibility index (Phi) is 3.23. The normalized spacial score (nSPS) is 11.6. The molecule has 1 heterocycles. The van der Waals surface area contributed by atoms with Gasteiger partial charge < -0.3 is 11.5 Å². The lowest BCUT2D eigenvalue weighted by molar-refractivity contribution is -0.140. The van der Waals surface area contributed by atoms with Crippen LogP contribution in [0.15, 0.2) is 24.3 Å². The Balaban J connectivity index is 2.68. The van der Waals surface area contributed by atoms with Crippen LogP contribution >= 0.6 is 11.6 Å². The Bertz CT molecular complexity index is 628. The van der Waals surface area contributed by atoms with Gasteiger partial charge in [0.2, 0.25) is 5.95 Å². The van der Waals surface area contributed by atoms with E-state index in [-0.39, 0.29) is 5.69 Å². The van der Waals surface area contributed by atoms with Crippen LogP contribution in [0.3, 0.4) is 0 Å². The minimum atomic E-state index is -4.70. The smallest absolute Gasteiger partial charge is 0.395 e. The molecule has 2 aromatic rings. The van der Waals surface area contributed by atoms with Gasteiger partial charge in [0.05, 0.1) is 11.4 Å². The SMILES string of the molecule is Nc1nc(-c2cccc(Cl)c2)c(N)c(C(F)(F)F)n1. The predicted octanol–water partition coefficient (Wildman–Crippen LogP) is 2.98. The van der Waals surface area contributed by atoms with Crippen LogP contribution in [0, 0.1) is 0 Å². The van der Waals surface area contributed by atoms with Crippen LogP contribution in [0.2, 0.25) is 5.02 Å². The zero-order valence-electron chi connectivity index (χ0n) is 9.37. The Morgan fingerprint density at radius 3 is 2.37 bits per heavy atom. The first-order chi connectivity index (χ1) is 8.79. The Hall–Kier alpha value is -2.02. The lowest BCUT2D eigenvalue weighted by Gasteiger charge is -2.13. The summed E-state index contributed by atoms with van der Waals surface area (Å²) in [6.07, 6.45) is -4.70. The largest absolute Gasteiger partial charge is 0.435 e. The summed E-state index contributed by atoms with van der Waals surface area (Å²) in [6.45, 7) is 0. The van der Waals surface area contributed by atoms with E-state index in [1.807, 2.05) is 0 Å². The first-order valence-electron chi connectivity index (χ1n) is 5.05. The van der Waals surface area contributed by atoms with Crippen molar-refractivity contribution in [2.24, 2.45) is 0 Å². The number of hydrogen-bond acceptors (Lipinski definition) is 4. The van der Waals surface area contributed by atoms with E-state index < -0.39 is 23.5 Å². The third kappa shape index (κ3) is 2.70. The number of benzene rings is 1. The third-order valence-electron chi connectivity index (χ3n) is 2.33. The van der Waals surface area contributed by atoms with Crippen LogP contribution in [0.25, 0.3) is 11.3 Å². The maximum Gasteiger partial charge on any atom is 0.435 e. The molecule has 0 aliphatic rings. The molecule has 1 aromatic heterocycles. The summed E-state index contributed by atoms with van der Waals surface area (Å²) in [7, 11) is 0. The molecule has 0 unspecified atom stereocenters. The second-order valence-corrected chi connectivity index (χ2v) is 4.14. The number of rotatable bonds is 1. The van der Waals surface area contributed by atoms with Crippen LogP contribution in [-0.2, 0) is 6.18 Å². The lowest BCUT2D eigenvalue weighted by atomic mass is 10.1. The molecule has 4 N–H and O–H groups in total. The number of alkyl halides is 3. The van der Waals surface area contributed by atoms with Crippen LogP contribution in [-0.4, -0.2) is 9.97 Å². The first-order valence-corrected chi connectivity index (χ1v) is 5.43. The van der Waals surface area contributed by atoms with Gasteiger partial charge >= 0.3 is 6.18 Å². The molecule has 1 aromatic carbocycles. The second kappa shape index (κ2) is 4.58. The lowest BCUT2D eigenvalue weighted by Crippen LogP contribution is -2.15. The summed E-state index contributed by atoms with van der Waals surface area (Å²) in [5.74, 6) is -0.503. The van der Waals surface area contributed by atoms with E-state index in [2.05, 4.69) is 9.97 Å². The number of nitrogens with zero attached hydrogens (tertiary/aromatic N) is 2. The van der Waals surface area contributed by atoms with Gasteiger partial charge in [-0.3, -0.25) is 0 Å². The maximum absolute atomic E-state index is 12.8. The van der Waals surface area contributed by atoms with Gasteiger partial charge in [-0.2, -0.15) is 13.2 Å². The van der Waals surface area contributed by atoms with Crippen molar-refractivity contribution in [2.45, 2.75) is 6.18 Å². The van der Waals surface area contributed by atoms with Crippen molar-refractivity contribution in [3.8, 4) is 11.3 Å². The molecule has 0 atom stereocenters. The fourth-order valence-electron chi connectivity index (χ4n) is 1.56. The summed E-state index contributed by atoms with van der Waals surface area (Å²) in [6, 6.07) is 6.13. The van der Waals surface area contributed by atoms with Crippen LogP contribution < -0.4 is 11.5 Å². The molecule has 0 aliphatic heterocycles. The quantitative estimate of drug-likeness (QED) is 0.845. The van der Waals surface area contributed by atoms with E-state index in [0.29, 0.717) is 10.6 Å². The Morgan fingerprint density at radius 2 is 1.79 bits per heavy atom. The average Bonchev–Trinajstić information content (AvgIpc) is 2.30. The summed E-state index contributed by atoms with van der Waals surface area (Å²) in [5, 5.41) is 0.350. The summed E-state index contributed by atoms with van der Waals surface area (Å²) in [5.41, 5.74) is 9.17. The van der Waals surface area contributed by atoms with Gasteiger partial charge in [0, 0.05) is 10.6 Å². The van der Waals surface area contributed by atoms with Gasteiger partial charge in [-0.1, -0.05) is 23.7 Å². The molecule has 0 bridgehead atoms. The highest BCUT2D eigenvalue weighted by Crippen LogP contribution is 2.37. The predicted molar refractivity (Wildman–Crippen MR) is 66.3 cm³/mol. The highest BCUT2D eigenvalue weighted by molar-refractivity contribution is 6.30. The molecule has 19 heavy (non-hydrogen) atoms. The number of anilines is 2. The minimum absolute atomic E-state index is 0.0951. The monoisotopic (exact) mass is 288 g/mol. The van der Waals surface area contributed by atoms with Crippen molar-refractivity contribution in [1.29, 1.82) is 0 Å². The molecule has 0 spiro atoms. The Morgan fingerprint density at radius 1 is 1.11 bits per heavy atom. The summed E-state index contributed by atoms with van der Waals surface area (Å²) < 4.78 is 38.3. The minimum Gasteiger partial charge on any atom is -0.395 e. The summed E-state index contributed by atoms with van der Waals surface area (Å²) >= 11 is 5.78. The van der Waals surface area contributed by atoms with Gasteiger partial charge in [0.15, 0.2) is 5.69 Å². The Labute approximate surface area is 111 Å². The molecule has 0 saturated carbocycles. The standard InChI is InChI=1S/C11H8ClF3N4/c12-6-3-1-2-5(4-6)8-7(16)9(11(13,14)15)19-10(17)18-8/h1-4H,16H2,(H2,17,18,19). The zero-order valence-corrected chi connectivity index (χ0v) is 10.1. The van der Waals surface area contributed by atoms with Gasteiger partial charge in [-0.25, -0.2) is 9.97 Å². The van der Waals surface area contributed by atoms with Gasteiger partial charge in [0.1, 0.15) is 0 Å². The van der Waals surface area contributed by atoms with E-state index in [1.54, 1.807) is 12.1 Å². The van der Waals surface area contributed by atoms with Crippen molar-refractivity contribution >= 4 is 23.2 Å². The third-order valence-corrected chi connectivity index (χ3v) is 2.56. The molecule has 0 aliphatic carbocycles.